The minimum atomic E-state index is 1.12. The maximum atomic E-state index is 4.10. The van der Waals surface area contributed by atoms with Gasteiger partial charge in [-0.3, -0.25) is 4.98 Å². The molecule has 1 heterocycles. The highest BCUT2D eigenvalue weighted by atomic mass is 14.6. The second kappa shape index (κ2) is 21.2. The number of aromatic nitrogens is 1. The topological polar surface area (TPSA) is 12.9 Å². The Morgan fingerprint density at radius 3 is 2.11 bits per heavy atom. The van der Waals surface area contributed by atoms with Gasteiger partial charge >= 0.3 is 0 Å². The van der Waals surface area contributed by atoms with Gasteiger partial charge in [-0.2, -0.15) is 0 Å². The summed E-state index contributed by atoms with van der Waals surface area (Å²) in [6.45, 7) is 18.0. The number of unbranched alkanes of at least 4 members (excludes halogenated alkanes) is 1. The van der Waals surface area contributed by atoms with Gasteiger partial charge in [-0.15, -0.1) is 0 Å². The standard InChI is InChI=1S/C11H15N.3C2H6/c1-3-5-6-11-9-12-8-7-10(11)4-2;3*1-2/h4,7-9H,2-3,5-6H2,1H3;3*1-2H3. The van der Waals surface area contributed by atoms with Crippen molar-refractivity contribution >= 4 is 6.08 Å². The molecular formula is C17H33N. The Kier molecular flexibility index (Phi) is 26.0. The van der Waals surface area contributed by atoms with Crippen LogP contribution in [0.2, 0.25) is 0 Å². The molecule has 1 heteroatoms. The molecule has 18 heavy (non-hydrogen) atoms. The van der Waals surface area contributed by atoms with E-state index in [0.717, 1.165) is 6.42 Å². The first-order chi connectivity index (χ1) is 8.88. The van der Waals surface area contributed by atoms with Crippen LogP contribution in [-0.4, -0.2) is 4.98 Å². The molecule has 1 aromatic rings. The number of hydrogen-bond acceptors (Lipinski definition) is 1. The normalized spacial score (nSPS) is 7.50. The molecule has 1 aromatic heterocycles. The highest BCUT2D eigenvalue weighted by Gasteiger charge is 1.96. The lowest BCUT2D eigenvalue weighted by Crippen LogP contribution is -1.89. The van der Waals surface area contributed by atoms with Crippen LogP contribution in [0.15, 0.2) is 25.0 Å². The highest BCUT2D eigenvalue weighted by Crippen LogP contribution is 2.11. The average molecular weight is 251 g/mol. The Morgan fingerprint density at radius 2 is 1.67 bits per heavy atom. The summed E-state index contributed by atoms with van der Waals surface area (Å²) in [5.41, 5.74) is 2.54. The summed E-state index contributed by atoms with van der Waals surface area (Å²) < 4.78 is 0. The Bertz CT molecular complexity index is 254. The van der Waals surface area contributed by atoms with Gasteiger partial charge < -0.3 is 0 Å². The molecule has 0 unspecified atom stereocenters. The Morgan fingerprint density at radius 1 is 1.11 bits per heavy atom. The van der Waals surface area contributed by atoms with Crippen molar-refractivity contribution in [1.82, 2.24) is 4.98 Å². The third-order valence-corrected chi connectivity index (χ3v) is 1.96. The maximum Gasteiger partial charge on any atom is 0.0305 e. The van der Waals surface area contributed by atoms with Crippen molar-refractivity contribution in [3.63, 3.8) is 0 Å². The van der Waals surface area contributed by atoms with E-state index in [-0.39, 0.29) is 0 Å². The quantitative estimate of drug-likeness (QED) is 0.625. The molecule has 0 amide bonds. The lowest BCUT2D eigenvalue weighted by atomic mass is 10.1. The van der Waals surface area contributed by atoms with Crippen LogP contribution in [0.5, 0.6) is 0 Å². The van der Waals surface area contributed by atoms with Crippen molar-refractivity contribution in [2.75, 3.05) is 0 Å². The molecule has 0 aliphatic carbocycles. The van der Waals surface area contributed by atoms with E-state index in [1.807, 2.05) is 66.1 Å². The number of rotatable bonds is 4. The fourth-order valence-corrected chi connectivity index (χ4v) is 1.21. The Labute approximate surface area is 115 Å². The molecular weight excluding hydrogens is 218 g/mol. The van der Waals surface area contributed by atoms with Crippen LogP contribution < -0.4 is 0 Å². The summed E-state index contributed by atoms with van der Waals surface area (Å²) in [4.78, 5) is 4.10. The van der Waals surface area contributed by atoms with Crippen molar-refractivity contribution in [2.45, 2.75) is 67.7 Å². The van der Waals surface area contributed by atoms with E-state index in [0.29, 0.717) is 0 Å². The zero-order valence-corrected chi connectivity index (χ0v) is 13.6. The summed E-state index contributed by atoms with van der Waals surface area (Å²) in [5, 5.41) is 0. The molecule has 1 nitrogen and oxygen atoms in total. The van der Waals surface area contributed by atoms with Crippen LogP contribution in [-0.2, 0) is 6.42 Å². The molecule has 106 valence electrons. The maximum absolute atomic E-state index is 4.10. The van der Waals surface area contributed by atoms with Crippen molar-refractivity contribution < 1.29 is 0 Å². The third-order valence-electron chi connectivity index (χ3n) is 1.96. The molecule has 0 aromatic carbocycles. The Balaban J connectivity index is -0.000000328. The smallest absolute Gasteiger partial charge is 0.0305 e. The summed E-state index contributed by atoms with van der Waals surface area (Å²) in [7, 11) is 0. The van der Waals surface area contributed by atoms with Crippen molar-refractivity contribution in [3.8, 4) is 0 Å². The number of aryl methyl sites for hydroxylation is 1. The molecule has 1 rings (SSSR count). The largest absolute Gasteiger partial charge is 0.264 e. The Hall–Kier alpha value is -1.11. The van der Waals surface area contributed by atoms with E-state index in [9.17, 15) is 0 Å². The lowest BCUT2D eigenvalue weighted by molar-refractivity contribution is 0.791. The fourth-order valence-electron chi connectivity index (χ4n) is 1.21. The van der Waals surface area contributed by atoms with Crippen LogP contribution in [0.3, 0.4) is 0 Å². The van der Waals surface area contributed by atoms with Gasteiger partial charge in [-0.1, -0.05) is 67.5 Å². The second-order valence-corrected chi connectivity index (χ2v) is 2.88. The van der Waals surface area contributed by atoms with Crippen molar-refractivity contribution in [3.05, 3.63) is 36.2 Å². The minimum Gasteiger partial charge on any atom is -0.264 e. The van der Waals surface area contributed by atoms with Crippen molar-refractivity contribution in [2.24, 2.45) is 0 Å². The predicted molar refractivity (Wildman–Crippen MR) is 87.0 cm³/mol. The molecule has 0 atom stereocenters. The van der Waals surface area contributed by atoms with Crippen LogP contribution in [0, 0.1) is 0 Å². The molecule has 0 spiro atoms. The molecule has 0 aliphatic rings. The van der Waals surface area contributed by atoms with Crippen LogP contribution in [0.25, 0.3) is 6.08 Å². The monoisotopic (exact) mass is 251 g/mol. The number of nitrogens with zero attached hydrogens (tertiary/aromatic N) is 1. The number of pyridine rings is 1. The summed E-state index contributed by atoms with van der Waals surface area (Å²) in [6, 6.07) is 2.01. The summed E-state index contributed by atoms with van der Waals surface area (Å²) in [6.07, 6.45) is 9.22. The molecule has 0 N–H and O–H groups in total. The first-order valence-corrected chi connectivity index (χ1v) is 7.43. The van der Waals surface area contributed by atoms with E-state index in [1.165, 1.54) is 24.0 Å². The molecule has 0 aliphatic heterocycles. The zero-order chi connectivity index (χ0) is 14.8. The average Bonchev–Trinajstić information content (AvgIpc) is 2.51. The van der Waals surface area contributed by atoms with E-state index < -0.39 is 0 Å². The van der Waals surface area contributed by atoms with Gasteiger partial charge in [0.05, 0.1) is 0 Å². The van der Waals surface area contributed by atoms with E-state index >= 15 is 0 Å². The van der Waals surface area contributed by atoms with E-state index in [1.54, 1.807) is 0 Å². The molecule has 0 saturated heterocycles. The molecule has 0 fully saturated rings. The van der Waals surface area contributed by atoms with Crippen molar-refractivity contribution in [1.29, 1.82) is 0 Å². The summed E-state index contributed by atoms with van der Waals surface area (Å²) in [5.74, 6) is 0. The molecule has 0 radical (unpaired) electrons. The third kappa shape index (κ3) is 11.4. The van der Waals surface area contributed by atoms with Crippen LogP contribution in [0.4, 0.5) is 0 Å². The predicted octanol–water partition coefficient (Wildman–Crippen LogP) is 6.15. The van der Waals surface area contributed by atoms with Gasteiger partial charge in [0, 0.05) is 12.4 Å². The van der Waals surface area contributed by atoms with Gasteiger partial charge in [0.15, 0.2) is 0 Å². The minimum absolute atomic E-state index is 1.12. The van der Waals surface area contributed by atoms with E-state index in [2.05, 4.69) is 18.5 Å². The van der Waals surface area contributed by atoms with Gasteiger partial charge in [0.2, 0.25) is 0 Å². The second-order valence-electron chi connectivity index (χ2n) is 2.88. The number of hydrogen-bond donors (Lipinski definition) is 0. The van der Waals surface area contributed by atoms with Gasteiger partial charge in [0.1, 0.15) is 0 Å². The zero-order valence-electron chi connectivity index (χ0n) is 13.6. The van der Waals surface area contributed by atoms with E-state index in [4.69, 9.17) is 0 Å². The summed E-state index contributed by atoms with van der Waals surface area (Å²) >= 11 is 0. The highest BCUT2D eigenvalue weighted by molar-refractivity contribution is 5.50. The van der Waals surface area contributed by atoms with Crippen LogP contribution in [0.1, 0.15) is 72.4 Å². The first-order valence-electron chi connectivity index (χ1n) is 7.43. The molecule has 0 saturated carbocycles. The first kappa shape index (κ1) is 22.1. The van der Waals surface area contributed by atoms with Crippen LogP contribution >= 0.6 is 0 Å². The lowest BCUT2D eigenvalue weighted by Gasteiger charge is -2.02. The molecule has 0 bridgehead atoms. The van der Waals surface area contributed by atoms with Gasteiger partial charge in [-0.25, -0.2) is 0 Å². The SMILES string of the molecule is C=Cc1ccncc1CCCC.CC.CC.CC. The van der Waals surface area contributed by atoms with Gasteiger partial charge in [0.25, 0.3) is 0 Å². The van der Waals surface area contributed by atoms with Gasteiger partial charge in [-0.05, 0) is 30.0 Å². The fraction of sp³-hybridized carbons (Fsp3) is 0.588.